The number of hydrogen-bond acceptors (Lipinski definition) is 3. The number of aryl methyl sites for hydroxylation is 1. The molecule has 2 aromatic rings. The maximum Gasteiger partial charge on any atom is 0.267 e. The maximum absolute atomic E-state index is 11.7. The Labute approximate surface area is 109 Å². The van der Waals surface area contributed by atoms with Crippen LogP contribution in [-0.4, -0.2) is 9.78 Å². The minimum Gasteiger partial charge on any atom is -0.268 e. The monoisotopic (exact) mass is 259 g/mol. The largest absolute Gasteiger partial charge is 0.268 e. The fourth-order valence-electron chi connectivity index (χ4n) is 1.55. The predicted molar refractivity (Wildman–Crippen MR) is 68.5 cm³/mol. The molecule has 0 bridgehead atoms. The van der Waals surface area contributed by atoms with Crippen molar-refractivity contribution >= 4 is 11.6 Å². The van der Waals surface area contributed by atoms with Crippen molar-refractivity contribution in [1.29, 1.82) is 5.26 Å². The van der Waals surface area contributed by atoms with Crippen LogP contribution >= 0.6 is 11.6 Å². The molecule has 0 spiro atoms. The van der Waals surface area contributed by atoms with Crippen molar-refractivity contribution in [2.75, 3.05) is 0 Å². The quantitative estimate of drug-likeness (QED) is 0.830. The average Bonchev–Trinajstić information content (AvgIpc) is 2.34. The minimum absolute atomic E-state index is 0.171. The second kappa shape index (κ2) is 5.03. The Balaban J connectivity index is 2.35. The first kappa shape index (κ1) is 12.3. The summed E-state index contributed by atoms with van der Waals surface area (Å²) < 4.78 is 1.33. The molecule has 0 saturated carbocycles. The standard InChI is InChI=1S/C13H10ClN3O/c1-9-4-13(18)17(16-7-9)8-11-3-2-10(6-15)5-12(11)14/h2-5,7H,8H2,1H3. The summed E-state index contributed by atoms with van der Waals surface area (Å²) in [6, 6.07) is 8.51. The molecular formula is C13H10ClN3O. The van der Waals surface area contributed by atoms with E-state index < -0.39 is 0 Å². The molecule has 1 aromatic carbocycles. The molecule has 0 N–H and O–H groups in total. The van der Waals surface area contributed by atoms with Crippen molar-refractivity contribution in [2.24, 2.45) is 0 Å². The zero-order valence-electron chi connectivity index (χ0n) is 9.72. The smallest absolute Gasteiger partial charge is 0.267 e. The number of aromatic nitrogens is 2. The van der Waals surface area contributed by atoms with Crippen LogP contribution in [0.4, 0.5) is 0 Å². The van der Waals surface area contributed by atoms with Gasteiger partial charge in [0.1, 0.15) is 0 Å². The Hall–Kier alpha value is -2.12. The van der Waals surface area contributed by atoms with Gasteiger partial charge >= 0.3 is 0 Å². The normalized spacial score (nSPS) is 10.1. The topological polar surface area (TPSA) is 58.7 Å². The summed E-state index contributed by atoms with van der Waals surface area (Å²) >= 11 is 6.05. The van der Waals surface area contributed by atoms with Crippen LogP contribution in [0.25, 0.3) is 0 Å². The third-order valence-corrected chi connectivity index (χ3v) is 2.86. The number of nitriles is 1. The van der Waals surface area contributed by atoms with Gasteiger partial charge in [0, 0.05) is 11.1 Å². The van der Waals surface area contributed by atoms with Crippen LogP contribution < -0.4 is 5.56 Å². The van der Waals surface area contributed by atoms with E-state index >= 15 is 0 Å². The lowest BCUT2D eigenvalue weighted by molar-refractivity contribution is 0.636. The Bertz CT molecular complexity index is 685. The van der Waals surface area contributed by atoms with Crippen molar-refractivity contribution < 1.29 is 0 Å². The minimum atomic E-state index is -0.171. The van der Waals surface area contributed by atoms with Crippen molar-refractivity contribution in [3.8, 4) is 6.07 Å². The third kappa shape index (κ3) is 2.58. The van der Waals surface area contributed by atoms with Crippen LogP contribution in [0, 0.1) is 18.3 Å². The summed E-state index contributed by atoms with van der Waals surface area (Å²) in [4.78, 5) is 11.7. The Kier molecular flexibility index (Phi) is 3.45. The van der Waals surface area contributed by atoms with Crippen LogP contribution in [0.3, 0.4) is 0 Å². The van der Waals surface area contributed by atoms with Gasteiger partial charge in [-0.1, -0.05) is 17.7 Å². The molecule has 0 unspecified atom stereocenters. The zero-order valence-corrected chi connectivity index (χ0v) is 10.5. The molecular weight excluding hydrogens is 250 g/mol. The van der Waals surface area contributed by atoms with Gasteiger partial charge in [-0.25, -0.2) is 4.68 Å². The van der Waals surface area contributed by atoms with E-state index in [9.17, 15) is 4.79 Å². The van der Waals surface area contributed by atoms with E-state index in [2.05, 4.69) is 5.10 Å². The fraction of sp³-hybridized carbons (Fsp3) is 0.154. The van der Waals surface area contributed by atoms with Crippen LogP contribution in [0.15, 0.2) is 35.3 Å². The predicted octanol–water partition coefficient (Wildman–Crippen LogP) is 2.13. The fourth-order valence-corrected chi connectivity index (χ4v) is 1.79. The molecule has 90 valence electrons. The zero-order chi connectivity index (χ0) is 13.1. The lowest BCUT2D eigenvalue weighted by Gasteiger charge is -2.06. The first-order chi connectivity index (χ1) is 8.60. The summed E-state index contributed by atoms with van der Waals surface area (Å²) in [5.41, 5.74) is 1.90. The van der Waals surface area contributed by atoms with Gasteiger partial charge in [-0.2, -0.15) is 10.4 Å². The van der Waals surface area contributed by atoms with Crippen LogP contribution in [-0.2, 0) is 6.54 Å². The molecule has 5 heteroatoms. The maximum atomic E-state index is 11.7. The Morgan fingerprint density at radius 3 is 2.83 bits per heavy atom. The van der Waals surface area contributed by atoms with Crippen LogP contribution in [0.5, 0.6) is 0 Å². The highest BCUT2D eigenvalue weighted by Gasteiger charge is 2.05. The van der Waals surface area contributed by atoms with Crippen LogP contribution in [0.1, 0.15) is 16.7 Å². The third-order valence-electron chi connectivity index (χ3n) is 2.51. The van der Waals surface area contributed by atoms with Crippen molar-refractivity contribution in [3.63, 3.8) is 0 Å². The van der Waals surface area contributed by atoms with Crippen molar-refractivity contribution in [2.45, 2.75) is 13.5 Å². The van der Waals surface area contributed by atoms with Gasteiger partial charge in [-0.3, -0.25) is 4.79 Å². The highest BCUT2D eigenvalue weighted by atomic mass is 35.5. The molecule has 0 aliphatic heterocycles. The lowest BCUT2D eigenvalue weighted by atomic mass is 10.1. The van der Waals surface area contributed by atoms with Crippen LogP contribution in [0.2, 0.25) is 5.02 Å². The summed E-state index contributed by atoms with van der Waals surface area (Å²) in [5, 5.41) is 13.2. The van der Waals surface area contributed by atoms with E-state index in [1.165, 1.54) is 10.7 Å². The summed E-state index contributed by atoms with van der Waals surface area (Å²) in [6.45, 7) is 2.11. The highest BCUT2D eigenvalue weighted by molar-refractivity contribution is 6.31. The molecule has 2 rings (SSSR count). The van der Waals surface area contributed by atoms with Gasteiger partial charge in [-0.05, 0) is 30.2 Å². The lowest BCUT2D eigenvalue weighted by Crippen LogP contribution is -2.22. The van der Waals surface area contributed by atoms with E-state index in [0.29, 0.717) is 17.1 Å². The van der Waals surface area contributed by atoms with E-state index in [4.69, 9.17) is 16.9 Å². The van der Waals surface area contributed by atoms with E-state index in [-0.39, 0.29) is 5.56 Å². The SMILES string of the molecule is Cc1cnn(Cc2ccc(C#N)cc2Cl)c(=O)c1. The first-order valence-electron chi connectivity index (χ1n) is 5.32. The summed E-state index contributed by atoms with van der Waals surface area (Å²) in [5.74, 6) is 0. The highest BCUT2D eigenvalue weighted by Crippen LogP contribution is 2.17. The van der Waals surface area contributed by atoms with E-state index in [0.717, 1.165) is 11.1 Å². The summed E-state index contributed by atoms with van der Waals surface area (Å²) in [6.07, 6.45) is 1.62. The average molecular weight is 260 g/mol. The molecule has 1 aromatic heterocycles. The molecule has 0 saturated heterocycles. The van der Waals surface area contributed by atoms with Crippen molar-refractivity contribution in [3.05, 3.63) is 62.5 Å². The molecule has 0 amide bonds. The van der Waals surface area contributed by atoms with Gasteiger partial charge < -0.3 is 0 Å². The molecule has 0 radical (unpaired) electrons. The van der Waals surface area contributed by atoms with Gasteiger partial charge in [0.25, 0.3) is 5.56 Å². The Morgan fingerprint density at radius 2 is 2.22 bits per heavy atom. The second-order valence-electron chi connectivity index (χ2n) is 3.95. The molecule has 0 atom stereocenters. The van der Waals surface area contributed by atoms with Gasteiger partial charge in [-0.15, -0.1) is 0 Å². The molecule has 4 nitrogen and oxygen atoms in total. The molecule has 1 heterocycles. The number of halogens is 1. The van der Waals surface area contributed by atoms with Gasteiger partial charge in [0.15, 0.2) is 0 Å². The number of benzene rings is 1. The molecule has 0 aliphatic carbocycles. The molecule has 0 fully saturated rings. The van der Waals surface area contributed by atoms with Gasteiger partial charge in [0.2, 0.25) is 0 Å². The number of rotatable bonds is 2. The van der Waals surface area contributed by atoms with Gasteiger partial charge in [0.05, 0.1) is 24.4 Å². The summed E-state index contributed by atoms with van der Waals surface area (Å²) in [7, 11) is 0. The molecule has 18 heavy (non-hydrogen) atoms. The second-order valence-corrected chi connectivity index (χ2v) is 4.35. The Morgan fingerprint density at radius 1 is 1.44 bits per heavy atom. The number of nitrogens with zero attached hydrogens (tertiary/aromatic N) is 3. The van der Waals surface area contributed by atoms with E-state index in [1.54, 1.807) is 24.4 Å². The first-order valence-corrected chi connectivity index (χ1v) is 5.70. The number of hydrogen-bond donors (Lipinski definition) is 0. The van der Waals surface area contributed by atoms with E-state index in [1.807, 2.05) is 13.0 Å². The van der Waals surface area contributed by atoms with Crippen molar-refractivity contribution in [1.82, 2.24) is 9.78 Å². The molecule has 0 aliphatic rings.